The Labute approximate surface area is 248 Å². The Hall–Kier alpha value is -5.90. The highest BCUT2D eigenvalue weighted by molar-refractivity contribution is 7.85. The highest BCUT2D eigenvalue weighted by Crippen LogP contribution is 2.31. The van der Waals surface area contributed by atoms with Gasteiger partial charge in [-0.25, -0.2) is 0 Å². The van der Waals surface area contributed by atoms with Crippen LogP contribution in [0.25, 0.3) is 0 Å². The first-order chi connectivity index (χ1) is 21.1. The molecule has 0 aliphatic carbocycles. The van der Waals surface area contributed by atoms with Crippen LogP contribution in [0.1, 0.15) is 10.4 Å². The van der Waals surface area contributed by atoms with Gasteiger partial charge in [-0.15, -0.1) is 4.99 Å². The van der Waals surface area contributed by atoms with Gasteiger partial charge in [-0.05, 0) is 60.7 Å². The molecule has 0 bridgehead atoms. The average molecular weight is 620 g/mol. The van der Waals surface area contributed by atoms with Gasteiger partial charge < -0.3 is 15.2 Å². The predicted molar refractivity (Wildman–Crippen MR) is 151 cm³/mol. The normalized spacial score (nSPS) is 15.0. The number of amides is 3. The van der Waals surface area contributed by atoms with Crippen LogP contribution < -0.4 is 20.7 Å². The summed E-state index contributed by atoms with van der Waals surface area (Å²) in [6, 6.07) is 13.8. The minimum atomic E-state index is -4.34. The van der Waals surface area contributed by atoms with Crippen molar-refractivity contribution >= 4 is 56.5 Å². The molecule has 0 spiro atoms. The van der Waals surface area contributed by atoms with E-state index >= 15 is 0 Å². The topological polar surface area (TPSA) is 257 Å². The lowest BCUT2D eigenvalue weighted by atomic mass is 10.2. The molecular formula is C26H21N9O8S. The molecule has 1 aliphatic rings. The Kier molecular flexibility index (Phi) is 9.77. The van der Waals surface area contributed by atoms with Crippen LogP contribution in [0.15, 0.2) is 97.1 Å². The lowest BCUT2D eigenvalue weighted by Crippen LogP contribution is -2.58. The van der Waals surface area contributed by atoms with Crippen molar-refractivity contribution in [2.24, 2.45) is 25.4 Å². The summed E-state index contributed by atoms with van der Waals surface area (Å²) < 4.78 is 37.0. The monoisotopic (exact) mass is 619 g/mol. The smallest absolute Gasteiger partial charge is 0.294 e. The van der Waals surface area contributed by atoms with Crippen molar-refractivity contribution in [1.29, 1.82) is 5.26 Å². The molecule has 1 aliphatic heterocycles. The Balaban J connectivity index is 1.43. The maximum absolute atomic E-state index is 12.9. The summed E-state index contributed by atoms with van der Waals surface area (Å²) in [7, 11) is -4.34. The summed E-state index contributed by atoms with van der Waals surface area (Å²) in [5.41, 5.74) is 1.35. The number of azo groups is 2. The molecular weight excluding hydrogens is 598 g/mol. The first-order valence-corrected chi connectivity index (χ1v) is 13.8. The standard InChI is InChI=1S/C26H21N9O8S/c27-14-28-26-30-24(38)22(25(39)31-26)35-33-16-3-1-15(2-4-16)23(37)29-20-10-7-18(13-21(20)43-12-11-36)34-32-17-5-8-19(9-6-17)44(40,41)42/h1-10,13,22,36H,11-12H2,(H,29,37)(H,40,41,42)(H2,28,30,31,38,39)/b34-32+,35-33+. The lowest BCUT2D eigenvalue weighted by Gasteiger charge is -2.18. The largest absolute Gasteiger partial charge is 0.489 e. The van der Waals surface area contributed by atoms with E-state index in [9.17, 15) is 27.9 Å². The second kappa shape index (κ2) is 13.8. The first-order valence-electron chi connectivity index (χ1n) is 12.3. The van der Waals surface area contributed by atoms with Gasteiger partial charge in [0.1, 0.15) is 12.4 Å². The Morgan fingerprint density at radius 1 is 0.932 bits per heavy atom. The number of rotatable bonds is 10. The summed E-state index contributed by atoms with van der Waals surface area (Å²) >= 11 is 0. The number of nitriles is 1. The van der Waals surface area contributed by atoms with Crippen molar-refractivity contribution in [3.63, 3.8) is 0 Å². The van der Waals surface area contributed by atoms with E-state index in [-0.39, 0.29) is 46.8 Å². The van der Waals surface area contributed by atoms with Crippen molar-refractivity contribution in [3.8, 4) is 11.9 Å². The summed E-state index contributed by atoms with van der Waals surface area (Å²) in [6.45, 7) is -0.377. The molecule has 0 radical (unpaired) electrons. The van der Waals surface area contributed by atoms with Gasteiger partial charge in [-0.1, -0.05) is 0 Å². The maximum Gasteiger partial charge on any atom is 0.294 e. The molecule has 0 atom stereocenters. The molecule has 0 aromatic heterocycles. The Morgan fingerprint density at radius 2 is 1.52 bits per heavy atom. The van der Waals surface area contributed by atoms with Crippen molar-refractivity contribution in [2.75, 3.05) is 18.5 Å². The summed E-state index contributed by atoms with van der Waals surface area (Å²) in [5, 5.41) is 40.5. The zero-order chi connectivity index (χ0) is 31.7. The number of hydrogen-bond donors (Lipinski definition) is 5. The number of carbonyl (C=O) groups is 3. The number of hydrogen-bond acceptors (Lipinski definition) is 13. The number of aliphatic hydroxyl groups excluding tert-OH is 1. The SMILES string of the molecule is N#CN=C1NC(=O)C(/N=N/c2ccc(C(=O)Nc3ccc(/N=N/c4ccc(S(=O)(=O)O)cc4)cc3OCCO)cc2)C(=O)N1. The van der Waals surface area contributed by atoms with Gasteiger partial charge >= 0.3 is 0 Å². The molecule has 3 amide bonds. The third kappa shape index (κ3) is 8.10. The van der Waals surface area contributed by atoms with Crippen LogP contribution in [0.3, 0.4) is 0 Å². The molecule has 224 valence electrons. The zero-order valence-electron chi connectivity index (χ0n) is 22.3. The molecule has 0 saturated carbocycles. The molecule has 0 unspecified atom stereocenters. The van der Waals surface area contributed by atoms with E-state index in [1.54, 1.807) is 0 Å². The molecule has 1 saturated heterocycles. The van der Waals surface area contributed by atoms with E-state index in [2.05, 4.69) is 41.4 Å². The molecule has 1 fully saturated rings. The maximum atomic E-state index is 12.9. The van der Waals surface area contributed by atoms with Gasteiger partial charge in [0, 0.05) is 11.6 Å². The van der Waals surface area contributed by atoms with Gasteiger partial charge in [0.25, 0.3) is 27.8 Å². The van der Waals surface area contributed by atoms with Crippen LogP contribution >= 0.6 is 0 Å². The van der Waals surface area contributed by atoms with E-state index in [0.29, 0.717) is 11.4 Å². The fourth-order valence-electron chi connectivity index (χ4n) is 3.48. The number of nitrogens with one attached hydrogen (secondary N) is 3. The van der Waals surface area contributed by atoms with Gasteiger partial charge in [0.15, 0.2) is 0 Å². The number of aliphatic hydroxyl groups is 1. The van der Waals surface area contributed by atoms with Gasteiger partial charge in [-0.3, -0.25) is 29.6 Å². The number of ether oxygens (including phenoxy) is 1. The predicted octanol–water partition coefficient (Wildman–Crippen LogP) is 2.51. The zero-order valence-corrected chi connectivity index (χ0v) is 23.1. The molecule has 17 nitrogen and oxygen atoms in total. The van der Waals surface area contributed by atoms with Gasteiger partial charge in [0.2, 0.25) is 18.2 Å². The highest BCUT2D eigenvalue weighted by atomic mass is 32.2. The van der Waals surface area contributed by atoms with Crippen molar-refractivity contribution in [1.82, 2.24) is 10.6 Å². The van der Waals surface area contributed by atoms with Crippen molar-refractivity contribution in [2.45, 2.75) is 10.9 Å². The minimum Gasteiger partial charge on any atom is -0.489 e. The summed E-state index contributed by atoms with van der Waals surface area (Å²) in [5.74, 6) is -2.28. The van der Waals surface area contributed by atoms with Crippen LogP contribution in [0, 0.1) is 11.5 Å². The number of aliphatic imine (C=N–C) groups is 1. The number of guanidine groups is 1. The van der Waals surface area contributed by atoms with Crippen LogP contribution in [0.4, 0.5) is 22.7 Å². The molecule has 18 heteroatoms. The lowest BCUT2D eigenvalue weighted by molar-refractivity contribution is -0.131. The Morgan fingerprint density at radius 3 is 2.14 bits per heavy atom. The molecule has 4 rings (SSSR count). The fraction of sp³-hybridized carbons (Fsp3) is 0.115. The average Bonchev–Trinajstić information content (AvgIpc) is 2.99. The number of nitrogens with zero attached hydrogens (tertiary/aromatic N) is 6. The summed E-state index contributed by atoms with van der Waals surface area (Å²) in [4.78, 5) is 40.0. The van der Waals surface area contributed by atoms with E-state index in [1.807, 2.05) is 0 Å². The number of benzene rings is 3. The van der Waals surface area contributed by atoms with E-state index in [1.165, 1.54) is 72.9 Å². The van der Waals surface area contributed by atoms with Crippen LogP contribution in [-0.2, 0) is 19.7 Å². The van der Waals surface area contributed by atoms with Crippen molar-refractivity contribution in [3.05, 3.63) is 72.3 Å². The van der Waals surface area contributed by atoms with Gasteiger partial charge in [-0.2, -0.15) is 34.1 Å². The molecule has 3 aromatic rings. The number of carbonyl (C=O) groups excluding carboxylic acids is 3. The van der Waals surface area contributed by atoms with Crippen LogP contribution in [0.2, 0.25) is 0 Å². The molecule has 44 heavy (non-hydrogen) atoms. The second-order valence-electron chi connectivity index (χ2n) is 8.58. The van der Waals surface area contributed by atoms with Crippen LogP contribution in [0.5, 0.6) is 5.75 Å². The molecule has 5 N–H and O–H groups in total. The highest BCUT2D eigenvalue weighted by Gasteiger charge is 2.33. The van der Waals surface area contributed by atoms with Crippen molar-refractivity contribution < 1.29 is 37.2 Å². The van der Waals surface area contributed by atoms with Gasteiger partial charge in [0.05, 0.1) is 34.3 Å². The Bertz CT molecular complexity index is 1800. The first kappa shape index (κ1) is 31.0. The minimum absolute atomic E-state index is 0.0796. The number of anilines is 1. The van der Waals surface area contributed by atoms with E-state index in [0.717, 1.165) is 0 Å². The quantitative estimate of drug-likeness (QED) is 0.0965. The van der Waals surface area contributed by atoms with E-state index in [4.69, 9.17) is 14.6 Å². The fourth-order valence-corrected chi connectivity index (χ4v) is 3.96. The third-order valence-corrected chi connectivity index (χ3v) is 6.41. The third-order valence-electron chi connectivity index (χ3n) is 5.54. The van der Waals surface area contributed by atoms with Crippen LogP contribution in [-0.4, -0.2) is 61.0 Å². The van der Waals surface area contributed by atoms with E-state index < -0.39 is 33.9 Å². The molecule has 3 aromatic carbocycles. The summed E-state index contributed by atoms with van der Waals surface area (Å²) in [6.07, 6.45) is 1.44. The second-order valence-corrected chi connectivity index (χ2v) is 10.0. The molecule has 1 heterocycles.